The van der Waals surface area contributed by atoms with Gasteiger partial charge in [0.05, 0.1) is 0 Å². The summed E-state index contributed by atoms with van der Waals surface area (Å²) in [5.74, 6) is 0. The first-order valence-electron chi connectivity index (χ1n) is 5.87. The van der Waals surface area contributed by atoms with Gasteiger partial charge in [-0.2, -0.15) is 0 Å². The van der Waals surface area contributed by atoms with Gasteiger partial charge in [-0.1, -0.05) is 48.5 Å². The average Bonchev–Trinajstić information content (AvgIpc) is 2.98. The Morgan fingerprint density at radius 3 is 2.50 bits per heavy atom. The molecule has 86 valence electrons. The molecule has 2 aromatic heterocycles. The van der Waals surface area contributed by atoms with Gasteiger partial charge in [0.1, 0.15) is 5.58 Å². The van der Waals surface area contributed by atoms with E-state index in [2.05, 4.69) is 41.8 Å². The van der Waals surface area contributed by atoms with Crippen LogP contribution >= 0.6 is 11.3 Å². The zero-order valence-corrected chi connectivity index (χ0v) is 10.4. The lowest BCUT2D eigenvalue weighted by atomic mass is 10.0. The summed E-state index contributed by atoms with van der Waals surface area (Å²) in [6, 6.07) is 18.7. The number of thiophene rings is 1. The van der Waals surface area contributed by atoms with E-state index in [1.807, 2.05) is 18.2 Å². The van der Waals surface area contributed by atoms with Gasteiger partial charge in [-0.3, -0.25) is 0 Å². The maximum absolute atomic E-state index is 5.87. The van der Waals surface area contributed by atoms with E-state index in [4.69, 9.17) is 4.42 Å². The maximum atomic E-state index is 5.87. The van der Waals surface area contributed by atoms with Crippen LogP contribution in [0.3, 0.4) is 0 Å². The Balaban J connectivity index is 2.13. The molecule has 0 aliphatic rings. The summed E-state index contributed by atoms with van der Waals surface area (Å²) in [5, 5.41) is 4.62. The highest BCUT2D eigenvalue weighted by Gasteiger charge is 2.13. The SMILES string of the molecule is c1ccc(-c2csc3oc4ccccc4c23)cc1. The second-order valence-electron chi connectivity index (χ2n) is 4.28. The van der Waals surface area contributed by atoms with E-state index in [9.17, 15) is 0 Å². The monoisotopic (exact) mass is 250 g/mol. The van der Waals surface area contributed by atoms with E-state index < -0.39 is 0 Å². The standard InChI is InChI=1S/C16H10OS/c1-2-6-11(7-3-1)13-10-18-16-15(13)12-8-4-5-9-14(12)17-16/h1-10H. The molecule has 4 rings (SSSR count). The van der Waals surface area contributed by atoms with Crippen molar-refractivity contribution < 1.29 is 4.42 Å². The number of fused-ring (bicyclic) bond motifs is 3. The molecule has 0 spiro atoms. The van der Waals surface area contributed by atoms with Crippen LogP contribution in [0.5, 0.6) is 0 Å². The minimum Gasteiger partial charge on any atom is -0.445 e. The van der Waals surface area contributed by atoms with Gasteiger partial charge in [0.25, 0.3) is 0 Å². The van der Waals surface area contributed by atoms with Crippen LogP contribution in [0.2, 0.25) is 0 Å². The maximum Gasteiger partial charge on any atom is 0.189 e. The molecule has 2 heterocycles. The predicted molar refractivity (Wildman–Crippen MR) is 77.0 cm³/mol. The van der Waals surface area contributed by atoms with Gasteiger partial charge in [0, 0.05) is 21.7 Å². The Morgan fingerprint density at radius 1 is 0.833 bits per heavy atom. The quantitative estimate of drug-likeness (QED) is 0.446. The van der Waals surface area contributed by atoms with Crippen molar-refractivity contribution in [2.75, 3.05) is 0 Å². The molecule has 1 nitrogen and oxygen atoms in total. The Hall–Kier alpha value is -2.06. The molecule has 0 bridgehead atoms. The number of rotatable bonds is 1. The zero-order valence-electron chi connectivity index (χ0n) is 9.59. The van der Waals surface area contributed by atoms with Crippen LogP contribution in [0.1, 0.15) is 0 Å². The van der Waals surface area contributed by atoms with Crippen LogP contribution in [0.15, 0.2) is 64.4 Å². The van der Waals surface area contributed by atoms with Gasteiger partial charge in [-0.15, -0.1) is 11.3 Å². The molecule has 2 heteroatoms. The third-order valence-electron chi connectivity index (χ3n) is 3.20. The summed E-state index contributed by atoms with van der Waals surface area (Å²) in [6.45, 7) is 0. The molecule has 0 aliphatic carbocycles. The lowest BCUT2D eigenvalue weighted by molar-refractivity contribution is 0.678. The first kappa shape index (κ1) is 9.92. The van der Waals surface area contributed by atoms with Crippen molar-refractivity contribution in [2.45, 2.75) is 0 Å². The van der Waals surface area contributed by atoms with E-state index in [1.54, 1.807) is 11.3 Å². The summed E-state index contributed by atoms with van der Waals surface area (Å²) >= 11 is 1.67. The summed E-state index contributed by atoms with van der Waals surface area (Å²) < 4.78 is 5.87. The Labute approximate surface area is 108 Å². The third kappa shape index (κ3) is 1.33. The largest absolute Gasteiger partial charge is 0.445 e. The highest BCUT2D eigenvalue weighted by atomic mass is 32.1. The number of hydrogen-bond acceptors (Lipinski definition) is 2. The second-order valence-corrected chi connectivity index (χ2v) is 5.12. The molecule has 0 aliphatic heterocycles. The van der Waals surface area contributed by atoms with Crippen molar-refractivity contribution in [3.05, 3.63) is 60.0 Å². The van der Waals surface area contributed by atoms with Crippen LogP contribution in [-0.2, 0) is 0 Å². The van der Waals surface area contributed by atoms with Crippen LogP contribution in [-0.4, -0.2) is 0 Å². The highest BCUT2D eigenvalue weighted by molar-refractivity contribution is 7.17. The smallest absolute Gasteiger partial charge is 0.189 e. The summed E-state index contributed by atoms with van der Waals surface area (Å²) in [6.07, 6.45) is 0. The normalized spacial score (nSPS) is 11.3. The first-order chi connectivity index (χ1) is 8.93. The molecule has 0 atom stereocenters. The molecule has 0 saturated carbocycles. The molecule has 0 amide bonds. The van der Waals surface area contributed by atoms with Crippen molar-refractivity contribution in [1.82, 2.24) is 0 Å². The molecule has 0 N–H and O–H groups in total. The minimum atomic E-state index is 0.969. The van der Waals surface area contributed by atoms with Gasteiger partial charge in [0.15, 0.2) is 4.90 Å². The zero-order chi connectivity index (χ0) is 11.9. The molecule has 2 aromatic carbocycles. The van der Waals surface area contributed by atoms with Crippen LogP contribution < -0.4 is 0 Å². The predicted octanol–water partition coefficient (Wildman–Crippen LogP) is 5.31. The number of para-hydroxylation sites is 1. The lowest BCUT2D eigenvalue weighted by Crippen LogP contribution is -1.73. The Bertz CT molecular complexity index is 824. The lowest BCUT2D eigenvalue weighted by Gasteiger charge is -1.97. The number of hydrogen-bond donors (Lipinski definition) is 0. The molecule has 0 unspecified atom stereocenters. The molecule has 18 heavy (non-hydrogen) atoms. The fraction of sp³-hybridized carbons (Fsp3) is 0. The minimum absolute atomic E-state index is 0.969. The van der Waals surface area contributed by atoms with Gasteiger partial charge in [-0.25, -0.2) is 0 Å². The molecule has 0 radical (unpaired) electrons. The molecular weight excluding hydrogens is 240 g/mol. The molecule has 4 aromatic rings. The first-order valence-corrected chi connectivity index (χ1v) is 6.75. The Morgan fingerprint density at radius 2 is 1.61 bits per heavy atom. The van der Waals surface area contributed by atoms with E-state index >= 15 is 0 Å². The fourth-order valence-corrected chi connectivity index (χ4v) is 3.32. The van der Waals surface area contributed by atoms with E-state index in [1.165, 1.54) is 21.9 Å². The molecule has 0 fully saturated rings. The van der Waals surface area contributed by atoms with Crippen LogP contribution in [0, 0.1) is 0 Å². The topological polar surface area (TPSA) is 13.1 Å². The van der Waals surface area contributed by atoms with Gasteiger partial charge < -0.3 is 4.42 Å². The van der Waals surface area contributed by atoms with Gasteiger partial charge in [0.2, 0.25) is 0 Å². The van der Waals surface area contributed by atoms with Crippen molar-refractivity contribution in [3.63, 3.8) is 0 Å². The number of benzene rings is 2. The summed E-state index contributed by atoms with van der Waals surface area (Å²) in [4.78, 5) is 1.01. The van der Waals surface area contributed by atoms with Gasteiger partial charge in [-0.05, 0) is 11.6 Å². The average molecular weight is 250 g/mol. The fourth-order valence-electron chi connectivity index (χ4n) is 2.36. The number of furan rings is 1. The molecule has 0 saturated heterocycles. The van der Waals surface area contributed by atoms with E-state index in [-0.39, 0.29) is 0 Å². The van der Waals surface area contributed by atoms with Crippen molar-refractivity contribution in [1.29, 1.82) is 0 Å². The third-order valence-corrected chi connectivity index (χ3v) is 4.06. The molecular formula is C16H10OS. The van der Waals surface area contributed by atoms with Crippen LogP contribution in [0.4, 0.5) is 0 Å². The van der Waals surface area contributed by atoms with E-state index in [0.717, 1.165) is 10.5 Å². The Kier molecular flexibility index (Phi) is 2.05. The van der Waals surface area contributed by atoms with Crippen molar-refractivity contribution in [3.8, 4) is 11.1 Å². The van der Waals surface area contributed by atoms with Crippen LogP contribution in [0.25, 0.3) is 32.4 Å². The highest BCUT2D eigenvalue weighted by Crippen LogP contribution is 2.40. The summed E-state index contributed by atoms with van der Waals surface area (Å²) in [5.41, 5.74) is 3.48. The van der Waals surface area contributed by atoms with Crippen molar-refractivity contribution >= 4 is 32.6 Å². The summed E-state index contributed by atoms with van der Waals surface area (Å²) in [7, 11) is 0. The second kappa shape index (κ2) is 3.72. The van der Waals surface area contributed by atoms with E-state index in [0.29, 0.717) is 0 Å². The van der Waals surface area contributed by atoms with Gasteiger partial charge >= 0.3 is 0 Å². The van der Waals surface area contributed by atoms with Crippen molar-refractivity contribution in [2.24, 2.45) is 0 Å².